The van der Waals surface area contributed by atoms with Crippen LogP contribution in [0, 0.1) is 6.92 Å². The Morgan fingerprint density at radius 1 is 1.13 bits per heavy atom. The highest BCUT2D eigenvalue weighted by molar-refractivity contribution is 6.04. The number of aromatic nitrogens is 2. The van der Waals surface area contributed by atoms with Crippen LogP contribution in [0.3, 0.4) is 0 Å². The highest BCUT2D eigenvalue weighted by atomic mass is 16.1. The number of amides is 1. The lowest BCUT2D eigenvalue weighted by Crippen LogP contribution is -2.39. The fourth-order valence-electron chi connectivity index (χ4n) is 5.01. The maximum absolute atomic E-state index is 12.8. The zero-order valence-corrected chi connectivity index (χ0v) is 18.2. The van der Waals surface area contributed by atoms with Gasteiger partial charge in [-0.1, -0.05) is 0 Å². The molecule has 2 atom stereocenters. The van der Waals surface area contributed by atoms with Gasteiger partial charge in [-0.2, -0.15) is 0 Å². The first kappa shape index (κ1) is 19.9. The lowest BCUT2D eigenvalue weighted by Gasteiger charge is -2.28. The standard InChI is InChI=1S/C25H29N5O/c1-17-14-20(29-13-10-21(16-29)30-12-3-4-18(30)2)6-8-22(17)28-25(31)24-7-5-19-15-26-11-9-23(19)27-24/h5-9,11,14-15,18,21H,3-4,10,12-13,16H2,1-2H3,(H,28,31). The van der Waals surface area contributed by atoms with Gasteiger partial charge in [-0.15, -0.1) is 0 Å². The molecule has 3 aromatic rings. The van der Waals surface area contributed by atoms with Crippen molar-refractivity contribution in [3.8, 4) is 0 Å². The molecular formula is C25H29N5O. The zero-order valence-electron chi connectivity index (χ0n) is 18.2. The van der Waals surface area contributed by atoms with Gasteiger partial charge in [-0.25, -0.2) is 4.98 Å². The minimum Gasteiger partial charge on any atom is -0.370 e. The van der Waals surface area contributed by atoms with E-state index in [9.17, 15) is 4.79 Å². The van der Waals surface area contributed by atoms with Gasteiger partial charge in [-0.3, -0.25) is 14.7 Å². The maximum atomic E-state index is 12.8. The topological polar surface area (TPSA) is 61.4 Å². The molecular weight excluding hydrogens is 386 g/mol. The van der Waals surface area contributed by atoms with Gasteiger partial charge in [0.2, 0.25) is 0 Å². The second-order valence-corrected chi connectivity index (χ2v) is 8.84. The van der Waals surface area contributed by atoms with Crippen LogP contribution in [0.2, 0.25) is 0 Å². The summed E-state index contributed by atoms with van der Waals surface area (Å²) >= 11 is 0. The summed E-state index contributed by atoms with van der Waals surface area (Å²) < 4.78 is 0. The average Bonchev–Trinajstić information content (AvgIpc) is 3.43. The smallest absolute Gasteiger partial charge is 0.274 e. The summed E-state index contributed by atoms with van der Waals surface area (Å²) in [7, 11) is 0. The number of hydrogen-bond donors (Lipinski definition) is 1. The van der Waals surface area contributed by atoms with Crippen LogP contribution in [0.4, 0.5) is 11.4 Å². The molecule has 2 saturated heterocycles. The Bertz CT molecular complexity index is 1110. The summed E-state index contributed by atoms with van der Waals surface area (Å²) in [5.74, 6) is -0.196. The van der Waals surface area contributed by atoms with Crippen molar-refractivity contribution < 1.29 is 4.79 Å². The van der Waals surface area contributed by atoms with Crippen LogP contribution in [0.1, 0.15) is 42.2 Å². The lowest BCUT2D eigenvalue weighted by atomic mass is 10.1. The van der Waals surface area contributed by atoms with E-state index in [4.69, 9.17) is 0 Å². The molecule has 0 spiro atoms. The number of pyridine rings is 2. The van der Waals surface area contributed by atoms with Crippen molar-refractivity contribution in [1.82, 2.24) is 14.9 Å². The van der Waals surface area contributed by atoms with Gasteiger partial charge in [0.15, 0.2) is 0 Å². The number of fused-ring (bicyclic) bond motifs is 1. The quantitative estimate of drug-likeness (QED) is 0.690. The molecule has 0 aliphatic carbocycles. The van der Waals surface area contributed by atoms with Crippen LogP contribution in [-0.2, 0) is 0 Å². The summed E-state index contributed by atoms with van der Waals surface area (Å²) in [6.07, 6.45) is 7.32. The third-order valence-electron chi connectivity index (χ3n) is 6.78. The molecule has 1 amide bonds. The first-order chi connectivity index (χ1) is 15.1. The minimum atomic E-state index is -0.196. The number of nitrogens with one attached hydrogen (secondary N) is 1. The summed E-state index contributed by atoms with van der Waals surface area (Å²) in [4.78, 5) is 26.5. The Labute approximate surface area is 183 Å². The van der Waals surface area contributed by atoms with E-state index in [1.807, 2.05) is 18.2 Å². The van der Waals surface area contributed by atoms with E-state index < -0.39 is 0 Å². The Morgan fingerprint density at radius 3 is 2.84 bits per heavy atom. The zero-order chi connectivity index (χ0) is 21.4. The predicted octanol–water partition coefficient (Wildman–Crippen LogP) is 4.25. The number of anilines is 2. The molecule has 6 heteroatoms. The number of carbonyl (C=O) groups is 1. The summed E-state index contributed by atoms with van der Waals surface area (Å²) in [6.45, 7) is 7.83. The molecule has 1 aromatic carbocycles. The molecule has 2 aromatic heterocycles. The van der Waals surface area contributed by atoms with Gasteiger partial charge in [0.05, 0.1) is 5.52 Å². The van der Waals surface area contributed by atoms with Crippen LogP contribution >= 0.6 is 0 Å². The molecule has 2 fully saturated rings. The molecule has 0 bridgehead atoms. The van der Waals surface area contributed by atoms with Crippen molar-refractivity contribution in [3.05, 3.63) is 60.0 Å². The highest BCUT2D eigenvalue weighted by Crippen LogP contribution is 2.30. The summed E-state index contributed by atoms with van der Waals surface area (Å²) in [5.41, 5.74) is 4.30. The van der Waals surface area contributed by atoms with Crippen LogP contribution in [0.5, 0.6) is 0 Å². The van der Waals surface area contributed by atoms with E-state index in [0.717, 1.165) is 35.2 Å². The number of nitrogens with zero attached hydrogens (tertiary/aromatic N) is 4. The molecule has 2 aliphatic rings. The van der Waals surface area contributed by atoms with E-state index in [2.05, 4.69) is 51.1 Å². The maximum Gasteiger partial charge on any atom is 0.274 e. The van der Waals surface area contributed by atoms with Crippen LogP contribution in [0.15, 0.2) is 48.8 Å². The minimum absolute atomic E-state index is 0.196. The van der Waals surface area contributed by atoms with E-state index in [1.54, 1.807) is 18.5 Å². The first-order valence-electron chi connectivity index (χ1n) is 11.2. The highest BCUT2D eigenvalue weighted by Gasteiger charge is 2.33. The monoisotopic (exact) mass is 415 g/mol. The Hall–Kier alpha value is -2.99. The SMILES string of the molecule is Cc1cc(N2CCC(N3CCCC3C)C2)ccc1NC(=O)c1ccc2cnccc2n1. The number of rotatable bonds is 4. The average molecular weight is 416 g/mol. The van der Waals surface area contributed by atoms with Crippen molar-refractivity contribution in [3.63, 3.8) is 0 Å². The van der Waals surface area contributed by atoms with Crippen LogP contribution in [-0.4, -0.2) is 52.5 Å². The van der Waals surface area contributed by atoms with Crippen LogP contribution in [0.25, 0.3) is 10.9 Å². The second kappa shape index (κ2) is 8.27. The molecule has 160 valence electrons. The van der Waals surface area contributed by atoms with Gasteiger partial charge in [0.1, 0.15) is 5.69 Å². The Balaban J connectivity index is 1.27. The molecule has 0 saturated carbocycles. The molecule has 1 N–H and O–H groups in total. The Kier molecular flexibility index (Phi) is 5.32. The number of carbonyl (C=O) groups excluding carboxylic acids is 1. The molecule has 31 heavy (non-hydrogen) atoms. The van der Waals surface area contributed by atoms with Gasteiger partial charge in [0.25, 0.3) is 5.91 Å². The lowest BCUT2D eigenvalue weighted by molar-refractivity contribution is 0.102. The fourth-order valence-corrected chi connectivity index (χ4v) is 5.01. The second-order valence-electron chi connectivity index (χ2n) is 8.84. The molecule has 0 radical (unpaired) electrons. The number of benzene rings is 1. The third kappa shape index (κ3) is 4.00. The fraction of sp³-hybridized carbons (Fsp3) is 0.400. The van der Waals surface area contributed by atoms with Crippen molar-refractivity contribution in [2.24, 2.45) is 0 Å². The van der Waals surface area contributed by atoms with E-state index in [1.165, 1.54) is 31.5 Å². The van der Waals surface area contributed by atoms with E-state index >= 15 is 0 Å². The molecule has 6 nitrogen and oxygen atoms in total. The van der Waals surface area contributed by atoms with E-state index in [-0.39, 0.29) is 5.91 Å². The van der Waals surface area contributed by atoms with Gasteiger partial charge >= 0.3 is 0 Å². The third-order valence-corrected chi connectivity index (χ3v) is 6.78. The molecule has 2 aliphatic heterocycles. The van der Waals surface area contributed by atoms with Crippen LogP contribution < -0.4 is 10.2 Å². The van der Waals surface area contributed by atoms with Crippen molar-refractivity contribution in [2.75, 3.05) is 29.9 Å². The first-order valence-corrected chi connectivity index (χ1v) is 11.2. The molecule has 4 heterocycles. The van der Waals surface area contributed by atoms with Crippen molar-refractivity contribution >= 4 is 28.2 Å². The Morgan fingerprint density at radius 2 is 2.03 bits per heavy atom. The largest absolute Gasteiger partial charge is 0.370 e. The van der Waals surface area contributed by atoms with Gasteiger partial charge < -0.3 is 10.2 Å². The van der Waals surface area contributed by atoms with E-state index in [0.29, 0.717) is 17.8 Å². The number of likely N-dealkylation sites (tertiary alicyclic amines) is 1. The van der Waals surface area contributed by atoms with Gasteiger partial charge in [-0.05, 0) is 81.6 Å². The molecule has 2 unspecified atom stereocenters. The van der Waals surface area contributed by atoms with Crippen molar-refractivity contribution in [1.29, 1.82) is 0 Å². The molecule has 5 rings (SSSR count). The van der Waals surface area contributed by atoms with Crippen molar-refractivity contribution in [2.45, 2.75) is 45.2 Å². The number of aryl methyl sites for hydroxylation is 1. The normalized spacial score (nSPS) is 21.7. The van der Waals surface area contributed by atoms with Gasteiger partial charge in [0, 0.05) is 54.3 Å². The summed E-state index contributed by atoms with van der Waals surface area (Å²) in [6, 6.07) is 13.1. The number of hydrogen-bond acceptors (Lipinski definition) is 5. The summed E-state index contributed by atoms with van der Waals surface area (Å²) in [5, 5.41) is 3.95. The predicted molar refractivity (Wildman–Crippen MR) is 125 cm³/mol.